The maximum absolute atomic E-state index is 4.67. The maximum Gasteiger partial charge on any atom is 0.235 e. The van der Waals surface area contributed by atoms with Crippen molar-refractivity contribution < 1.29 is 0 Å². The van der Waals surface area contributed by atoms with Crippen LogP contribution in [0.1, 0.15) is 42.1 Å². The summed E-state index contributed by atoms with van der Waals surface area (Å²) >= 11 is 1.58. The number of rotatable bonds is 4. The van der Waals surface area contributed by atoms with Crippen LogP contribution in [0.15, 0.2) is 30.3 Å². The summed E-state index contributed by atoms with van der Waals surface area (Å²) in [4.78, 5) is 3.34. The molecule has 0 bridgehead atoms. The molecule has 1 aliphatic heterocycles. The summed E-state index contributed by atoms with van der Waals surface area (Å²) in [6, 6.07) is 10.3. The molecule has 124 valence electrons. The molecule has 1 saturated heterocycles. The molecule has 0 amide bonds. The van der Waals surface area contributed by atoms with Gasteiger partial charge in [-0.2, -0.15) is 9.61 Å². The summed E-state index contributed by atoms with van der Waals surface area (Å²) in [6.45, 7) is 3.15. The summed E-state index contributed by atoms with van der Waals surface area (Å²) in [7, 11) is 0. The first kappa shape index (κ1) is 15.5. The van der Waals surface area contributed by atoms with Gasteiger partial charge in [-0.25, -0.2) is 0 Å². The first-order chi connectivity index (χ1) is 11.9. The van der Waals surface area contributed by atoms with Crippen LogP contribution < -0.4 is 0 Å². The number of likely N-dealkylation sites (tertiary alicyclic amines) is 1. The summed E-state index contributed by atoms with van der Waals surface area (Å²) in [5, 5.41) is 14.3. The van der Waals surface area contributed by atoms with E-state index >= 15 is 0 Å². The second-order valence-electron chi connectivity index (χ2n) is 6.19. The lowest BCUT2D eigenvalue weighted by molar-refractivity contribution is 0.268. The van der Waals surface area contributed by atoms with Gasteiger partial charge in [-0.05, 0) is 37.6 Å². The highest BCUT2D eigenvalue weighted by molar-refractivity contribution is 7.17. The lowest BCUT2D eigenvalue weighted by Gasteiger charge is -2.17. The molecule has 0 aliphatic carbocycles. The average molecular weight is 339 g/mol. The van der Waals surface area contributed by atoms with Crippen LogP contribution in [0.25, 0.3) is 17.1 Å². The molecule has 0 N–H and O–H groups in total. The molecule has 5 nitrogen and oxygen atoms in total. The van der Waals surface area contributed by atoms with E-state index in [0.29, 0.717) is 0 Å². The first-order valence-corrected chi connectivity index (χ1v) is 9.37. The van der Waals surface area contributed by atoms with E-state index in [4.69, 9.17) is 0 Å². The van der Waals surface area contributed by atoms with Crippen molar-refractivity contribution in [2.24, 2.45) is 0 Å². The average Bonchev–Trinajstić information content (AvgIpc) is 3.07. The van der Waals surface area contributed by atoms with Crippen molar-refractivity contribution in [2.75, 3.05) is 13.1 Å². The smallest absolute Gasteiger partial charge is 0.235 e. The van der Waals surface area contributed by atoms with Gasteiger partial charge in [0, 0.05) is 0 Å². The molecule has 0 unspecified atom stereocenters. The molecule has 2 aromatic heterocycles. The predicted molar refractivity (Wildman–Crippen MR) is 97.8 cm³/mol. The fourth-order valence-electron chi connectivity index (χ4n) is 3.06. The van der Waals surface area contributed by atoms with Gasteiger partial charge in [0.25, 0.3) is 0 Å². The molecule has 0 atom stereocenters. The van der Waals surface area contributed by atoms with Crippen molar-refractivity contribution >= 4 is 28.4 Å². The van der Waals surface area contributed by atoms with Crippen molar-refractivity contribution in [3.05, 3.63) is 46.7 Å². The van der Waals surface area contributed by atoms with Crippen molar-refractivity contribution in [3.63, 3.8) is 0 Å². The quantitative estimate of drug-likeness (QED) is 0.726. The summed E-state index contributed by atoms with van der Waals surface area (Å²) in [6.07, 6.45) is 9.38. The Kier molecular flexibility index (Phi) is 4.66. The van der Waals surface area contributed by atoms with Crippen LogP contribution in [0.3, 0.4) is 0 Å². The van der Waals surface area contributed by atoms with Gasteiger partial charge in [0.2, 0.25) is 4.96 Å². The third kappa shape index (κ3) is 3.55. The minimum absolute atomic E-state index is 0.840. The SMILES string of the molecule is C(=C/c1nn2c(CN3CCCCCC3)nnc2s1)/c1ccccc1. The van der Waals surface area contributed by atoms with Gasteiger partial charge in [0.15, 0.2) is 5.82 Å². The zero-order valence-electron chi connectivity index (χ0n) is 13.6. The number of hydrogen-bond acceptors (Lipinski definition) is 5. The van der Waals surface area contributed by atoms with Crippen LogP contribution in [0.2, 0.25) is 0 Å². The lowest BCUT2D eigenvalue weighted by Crippen LogP contribution is -2.25. The van der Waals surface area contributed by atoms with Crippen molar-refractivity contribution in [1.82, 2.24) is 24.7 Å². The molecule has 1 aromatic carbocycles. The highest BCUT2D eigenvalue weighted by Gasteiger charge is 2.15. The number of benzene rings is 1. The van der Waals surface area contributed by atoms with Gasteiger partial charge in [0.05, 0.1) is 6.54 Å². The Hall–Kier alpha value is -2.05. The molecule has 0 radical (unpaired) electrons. The van der Waals surface area contributed by atoms with Gasteiger partial charge in [-0.1, -0.05) is 60.6 Å². The second kappa shape index (κ2) is 7.23. The molecule has 3 aromatic rings. The van der Waals surface area contributed by atoms with E-state index in [1.54, 1.807) is 11.3 Å². The predicted octanol–water partition coefficient (Wildman–Crippen LogP) is 3.73. The summed E-state index contributed by atoms with van der Waals surface area (Å²) < 4.78 is 1.90. The van der Waals surface area contributed by atoms with E-state index in [0.717, 1.165) is 35.4 Å². The van der Waals surface area contributed by atoms with Gasteiger partial charge in [-0.15, -0.1) is 10.2 Å². The van der Waals surface area contributed by atoms with E-state index < -0.39 is 0 Å². The number of nitrogens with zero attached hydrogens (tertiary/aromatic N) is 5. The van der Waals surface area contributed by atoms with E-state index in [1.807, 2.05) is 28.8 Å². The molecule has 4 rings (SSSR count). The second-order valence-corrected chi connectivity index (χ2v) is 7.17. The third-order valence-corrected chi connectivity index (χ3v) is 5.22. The molecule has 1 fully saturated rings. The molecule has 6 heteroatoms. The van der Waals surface area contributed by atoms with E-state index in [2.05, 4.69) is 38.4 Å². The maximum atomic E-state index is 4.67. The van der Waals surface area contributed by atoms with Crippen LogP contribution >= 0.6 is 11.3 Å². The third-order valence-electron chi connectivity index (χ3n) is 4.35. The number of fused-ring (bicyclic) bond motifs is 1. The molecule has 3 heterocycles. The van der Waals surface area contributed by atoms with Gasteiger partial charge >= 0.3 is 0 Å². The Morgan fingerprint density at radius 1 is 0.958 bits per heavy atom. The van der Waals surface area contributed by atoms with E-state index in [9.17, 15) is 0 Å². The monoisotopic (exact) mass is 339 g/mol. The fraction of sp³-hybridized carbons (Fsp3) is 0.389. The zero-order chi connectivity index (χ0) is 16.2. The van der Waals surface area contributed by atoms with Crippen molar-refractivity contribution in [2.45, 2.75) is 32.2 Å². The summed E-state index contributed by atoms with van der Waals surface area (Å²) in [5.74, 6) is 0.947. The summed E-state index contributed by atoms with van der Waals surface area (Å²) in [5.41, 5.74) is 1.17. The van der Waals surface area contributed by atoms with Crippen LogP contribution in [-0.4, -0.2) is 37.8 Å². The number of hydrogen-bond donors (Lipinski definition) is 0. The first-order valence-electron chi connectivity index (χ1n) is 8.55. The van der Waals surface area contributed by atoms with Crippen LogP contribution in [0, 0.1) is 0 Å². The van der Waals surface area contributed by atoms with Crippen LogP contribution in [0.5, 0.6) is 0 Å². The molecule has 0 saturated carbocycles. The highest BCUT2D eigenvalue weighted by Crippen LogP contribution is 2.18. The molecular formula is C18H21N5S. The van der Waals surface area contributed by atoms with Crippen molar-refractivity contribution in [1.29, 1.82) is 0 Å². The Morgan fingerprint density at radius 2 is 1.75 bits per heavy atom. The topological polar surface area (TPSA) is 46.3 Å². The highest BCUT2D eigenvalue weighted by atomic mass is 32.1. The molecule has 1 aliphatic rings. The minimum Gasteiger partial charge on any atom is -0.296 e. The zero-order valence-corrected chi connectivity index (χ0v) is 14.5. The van der Waals surface area contributed by atoms with Crippen LogP contribution in [-0.2, 0) is 6.54 Å². The van der Waals surface area contributed by atoms with E-state index in [1.165, 1.54) is 31.2 Å². The van der Waals surface area contributed by atoms with Gasteiger partial charge in [-0.3, -0.25) is 4.90 Å². The normalized spacial score (nSPS) is 16.8. The Bertz CT molecular complexity index is 812. The lowest BCUT2D eigenvalue weighted by atomic mass is 10.2. The number of aromatic nitrogens is 4. The largest absolute Gasteiger partial charge is 0.296 e. The fourth-order valence-corrected chi connectivity index (χ4v) is 3.82. The van der Waals surface area contributed by atoms with Gasteiger partial charge < -0.3 is 0 Å². The van der Waals surface area contributed by atoms with Gasteiger partial charge in [0.1, 0.15) is 5.01 Å². The Balaban J connectivity index is 1.51. The Labute approximate surface area is 145 Å². The molecule has 0 spiro atoms. The molecular weight excluding hydrogens is 318 g/mol. The standard InChI is InChI=1S/C18H21N5S/c1-2-7-13-22(12-6-1)14-16-19-20-18-23(16)21-17(24-18)11-10-15-8-4-3-5-9-15/h3-5,8-11H,1-2,6-7,12-14H2/b11-10-. The van der Waals surface area contributed by atoms with Crippen molar-refractivity contribution in [3.8, 4) is 0 Å². The van der Waals surface area contributed by atoms with E-state index in [-0.39, 0.29) is 0 Å². The minimum atomic E-state index is 0.840. The Morgan fingerprint density at radius 3 is 2.54 bits per heavy atom. The molecule has 24 heavy (non-hydrogen) atoms. The van der Waals surface area contributed by atoms with Crippen LogP contribution in [0.4, 0.5) is 0 Å².